The molecule has 0 radical (unpaired) electrons. The Hall–Kier alpha value is -1.86. The topological polar surface area (TPSA) is 175 Å². The number of rotatable bonds is 64. The first-order valence-corrected chi connectivity index (χ1v) is 36.6. The Morgan fingerprint density at radius 3 is 1.15 bits per heavy atom. The minimum atomic E-state index is -1.61. The minimum Gasteiger partial charge on any atom is -0.454 e. The van der Waals surface area contributed by atoms with Crippen LogP contribution in [0.2, 0.25) is 0 Å². The first-order chi connectivity index (χ1) is 41.2. The third-order valence-corrected chi connectivity index (χ3v) is 17.6. The monoisotopic (exact) mass is 1190 g/mol. The van der Waals surface area contributed by atoms with Crippen LogP contribution < -0.4 is 5.32 Å². The Kier molecular flexibility index (Phi) is 58.6. The maximum Gasteiger partial charge on any atom is 0.306 e. The van der Waals surface area contributed by atoms with E-state index < -0.39 is 67.4 Å². The van der Waals surface area contributed by atoms with Crippen molar-refractivity contribution < 1.29 is 49.3 Å². The lowest BCUT2D eigenvalue weighted by atomic mass is 9.99. The lowest BCUT2D eigenvalue weighted by Gasteiger charge is -2.41. The van der Waals surface area contributed by atoms with Gasteiger partial charge in [-0.25, -0.2) is 0 Å². The standard InChI is InChI=1S/C73H139NO10/c1-4-7-10-13-16-19-22-25-27-29-31-33-34-35-37-39-41-43-46-49-52-55-58-61-68(78)84-71-70(80)69(79)67(62-75)83-73(71)82-63-64(65(76)59-56-53-50-47-44-24-21-18-15-12-9-6-3)74-72(81)66(77)60-57-54-51-48-45-42-40-38-36-32-30-28-26-23-20-17-14-11-8-5-2/h26,28,56,59,64-67,69-71,73,75-77,79-80H,4-25,27,29-55,57-58,60-63H2,1-3H3,(H,74,81)/b28-26+,59-56+. The Balaban J connectivity index is 2.55. The predicted octanol–water partition coefficient (Wildman–Crippen LogP) is 18.8. The fourth-order valence-electron chi connectivity index (χ4n) is 11.8. The molecule has 0 aromatic carbocycles. The summed E-state index contributed by atoms with van der Waals surface area (Å²) in [6, 6.07) is -1.02. The number of carbonyl (C=O) groups is 2. The predicted molar refractivity (Wildman–Crippen MR) is 352 cm³/mol. The number of carbonyl (C=O) groups excluding carboxylic acids is 2. The molecule has 1 fully saturated rings. The highest BCUT2D eigenvalue weighted by molar-refractivity contribution is 5.80. The summed E-state index contributed by atoms with van der Waals surface area (Å²) in [5.74, 6) is -1.17. The number of unbranched alkanes of at least 4 members (excludes halogenated alkanes) is 48. The highest BCUT2D eigenvalue weighted by atomic mass is 16.7. The fourth-order valence-corrected chi connectivity index (χ4v) is 11.8. The molecule has 0 saturated carbocycles. The molecule has 0 spiro atoms. The molecular weight excluding hydrogens is 1050 g/mol. The van der Waals surface area contributed by atoms with E-state index >= 15 is 0 Å². The lowest BCUT2D eigenvalue weighted by molar-refractivity contribution is -0.305. The molecule has 11 nitrogen and oxygen atoms in total. The van der Waals surface area contributed by atoms with Crippen molar-refractivity contribution in [3.63, 3.8) is 0 Å². The number of amides is 1. The Labute approximate surface area is 518 Å². The van der Waals surface area contributed by atoms with Crippen molar-refractivity contribution >= 4 is 11.9 Å². The van der Waals surface area contributed by atoms with E-state index in [0.29, 0.717) is 19.3 Å². The highest BCUT2D eigenvalue weighted by Crippen LogP contribution is 2.27. The number of nitrogens with one attached hydrogen (secondary N) is 1. The van der Waals surface area contributed by atoms with Gasteiger partial charge < -0.3 is 45.1 Å². The van der Waals surface area contributed by atoms with Gasteiger partial charge in [0.25, 0.3) is 0 Å². The first-order valence-electron chi connectivity index (χ1n) is 36.6. The zero-order chi connectivity index (χ0) is 61.0. The molecule has 84 heavy (non-hydrogen) atoms. The quantitative estimate of drug-likeness (QED) is 0.0195. The summed E-state index contributed by atoms with van der Waals surface area (Å²) >= 11 is 0. The van der Waals surface area contributed by atoms with Crippen molar-refractivity contribution in [1.29, 1.82) is 0 Å². The van der Waals surface area contributed by atoms with E-state index in [4.69, 9.17) is 14.2 Å². The maximum absolute atomic E-state index is 13.5. The van der Waals surface area contributed by atoms with E-state index in [-0.39, 0.29) is 13.0 Å². The molecule has 0 bridgehead atoms. The Morgan fingerprint density at radius 2 is 0.786 bits per heavy atom. The average Bonchev–Trinajstić information content (AvgIpc) is 3.52. The van der Waals surface area contributed by atoms with Crippen molar-refractivity contribution in [3.05, 3.63) is 24.3 Å². The Bertz CT molecular complexity index is 1460. The second-order valence-electron chi connectivity index (χ2n) is 25.7. The van der Waals surface area contributed by atoms with E-state index in [0.717, 1.165) is 57.8 Å². The van der Waals surface area contributed by atoms with Gasteiger partial charge in [-0.05, 0) is 51.4 Å². The minimum absolute atomic E-state index is 0.131. The van der Waals surface area contributed by atoms with Crippen molar-refractivity contribution in [1.82, 2.24) is 5.32 Å². The van der Waals surface area contributed by atoms with Crippen LogP contribution in [0.3, 0.4) is 0 Å². The van der Waals surface area contributed by atoms with Gasteiger partial charge >= 0.3 is 5.97 Å². The first kappa shape index (κ1) is 80.2. The molecule has 1 saturated heterocycles. The second kappa shape index (κ2) is 61.4. The van der Waals surface area contributed by atoms with Gasteiger partial charge in [0.1, 0.15) is 24.4 Å². The largest absolute Gasteiger partial charge is 0.454 e. The molecule has 8 unspecified atom stereocenters. The van der Waals surface area contributed by atoms with Crippen molar-refractivity contribution in [2.75, 3.05) is 13.2 Å². The molecule has 0 aliphatic carbocycles. The summed E-state index contributed by atoms with van der Waals surface area (Å²) in [5.41, 5.74) is 0. The lowest BCUT2D eigenvalue weighted by Crippen LogP contribution is -2.61. The molecule has 11 heteroatoms. The molecule has 1 aliphatic heterocycles. The smallest absolute Gasteiger partial charge is 0.306 e. The van der Waals surface area contributed by atoms with Crippen LogP contribution in [0.1, 0.15) is 367 Å². The van der Waals surface area contributed by atoms with E-state index in [9.17, 15) is 35.1 Å². The summed E-state index contributed by atoms with van der Waals surface area (Å²) in [6.45, 7) is 5.85. The van der Waals surface area contributed by atoms with Crippen molar-refractivity contribution in [3.8, 4) is 0 Å². The number of aliphatic hydroxyl groups excluding tert-OH is 5. The molecule has 496 valence electrons. The zero-order valence-electron chi connectivity index (χ0n) is 55.3. The molecule has 0 aromatic heterocycles. The molecular formula is C73H139NO10. The molecule has 1 aliphatic rings. The highest BCUT2D eigenvalue weighted by Gasteiger charge is 2.47. The van der Waals surface area contributed by atoms with Crippen LogP contribution in [-0.2, 0) is 23.8 Å². The third-order valence-electron chi connectivity index (χ3n) is 17.6. The van der Waals surface area contributed by atoms with Crippen LogP contribution in [0.25, 0.3) is 0 Å². The number of hydrogen-bond donors (Lipinski definition) is 6. The SMILES string of the molecule is CCCCCCCC/C=C/CCCCCCCCCCCCC(O)C(=O)NC(COC1OC(CO)C(O)C(O)C1OC(=O)CCCCCCCCCCCCCCCCCCCCCCCCC)C(O)/C=C/CCCCCCCCCCCC. The van der Waals surface area contributed by atoms with Crippen molar-refractivity contribution in [2.24, 2.45) is 0 Å². The van der Waals surface area contributed by atoms with Crippen LogP contribution in [0.4, 0.5) is 0 Å². The number of allylic oxidation sites excluding steroid dienone is 3. The third kappa shape index (κ3) is 48.1. The van der Waals surface area contributed by atoms with Crippen LogP contribution in [-0.4, -0.2) is 99.6 Å². The summed E-state index contributed by atoms with van der Waals surface area (Å²) in [5, 5.41) is 57.3. The Morgan fingerprint density at radius 1 is 0.452 bits per heavy atom. The second-order valence-corrected chi connectivity index (χ2v) is 25.7. The number of esters is 1. The number of aliphatic hydroxyl groups is 5. The van der Waals surface area contributed by atoms with Crippen LogP contribution in [0.5, 0.6) is 0 Å². The van der Waals surface area contributed by atoms with E-state index in [1.165, 1.54) is 263 Å². The molecule has 1 amide bonds. The maximum atomic E-state index is 13.5. The van der Waals surface area contributed by atoms with E-state index in [1.807, 2.05) is 6.08 Å². The number of ether oxygens (including phenoxy) is 3. The normalized spacial score (nSPS) is 18.5. The van der Waals surface area contributed by atoms with Crippen LogP contribution in [0, 0.1) is 0 Å². The zero-order valence-corrected chi connectivity index (χ0v) is 55.3. The van der Waals surface area contributed by atoms with E-state index in [1.54, 1.807) is 6.08 Å². The van der Waals surface area contributed by atoms with Gasteiger partial charge in [-0.15, -0.1) is 0 Å². The molecule has 1 rings (SSSR count). The summed E-state index contributed by atoms with van der Waals surface area (Å²) in [6.07, 6.45) is 63.7. The summed E-state index contributed by atoms with van der Waals surface area (Å²) < 4.78 is 17.7. The molecule has 1 heterocycles. The van der Waals surface area contributed by atoms with Gasteiger partial charge in [0.15, 0.2) is 12.4 Å². The average molecular weight is 1190 g/mol. The van der Waals surface area contributed by atoms with Gasteiger partial charge in [0.05, 0.1) is 25.4 Å². The van der Waals surface area contributed by atoms with Gasteiger partial charge in [0, 0.05) is 6.42 Å². The van der Waals surface area contributed by atoms with E-state index in [2.05, 4.69) is 38.2 Å². The fraction of sp³-hybridized carbons (Fsp3) is 0.918. The summed E-state index contributed by atoms with van der Waals surface area (Å²) in [7, 11) is 0. The molecule has 6 N–H and O–H groups in total. The summed E-state index contributed by atoms with van der Waals surface area (Å²) in [4.78, 5) is 26.7. The van der Waals surface area contributed by atoms with Gasteiger partial charge in [-0.1, -0.05) is 334 Å². The van der Waals surface area contributed by atoms with Gasteiger partial charge in [-0.3, -0.25) is 9.59 Å². The van der Waals surface area contributed by atoms with Gasteiger partial charge in [0.2, 0.25) is 5.91 Å². The van der Waals surface area contributed by atoms with Crippen LogP contribution in [0.15, 0.2) is 24.3 Å². The molecule has 8 atom stereocenters. The number of hydrogen-bond acceptors (Lipinski definition) is 10. The van der Waals surface area contributed by atoms with Gasteiger partial charge in [-0.2, -0.15) is 0 Å². The van der Waals surface area contributed by atoms with Crippen LogP contribution >= 0.6 is 0 Å². The van der Waals surface area contributed by atoms with Crippen molar-refractivity contribution in [2.45, 2.75) is 416 Å². The molecule has 0 aromatic rings.